The molecule has 1 aliphatic rings. The van der Waals surface area contributed by atoms with Crippen LogP contribution in [0.1, 0.15) is 44.9 Å². The van der Waals surface area contributed by atoms with Gasteiger partial charge in [0.05, 0.1) is 13.2 Å². The van der Waals surface area contributed by atoms with Gasteiger partial charge in [0.1, 0.15) is 0 Å². The first-order valence-electron chi connectivity index (χ1n) is 7.81. The van der Waals surface area contributed by atoms with Crippen LogP contribution in [-0.2, 0) is 14.3 Å². The van der Waals surface area contributed by atoms with Crippen LogP contribution in [-0.4, -0.2) is 45.4 Å². The summed E-state index contributed by atoms with van der Waals surface area (Å²) >= 11 is 0. The number of ether oxygens (including phenoxy) is 2. The third kappa shape index (κ3) is 8.51. The summed E-state index contributed by atoms with van der Waals surface area (Å²) in [6.07, 6.45) is 7.13. The largest absolute Gasteiger partial charge is 0.382 e. The molecule has 1 saturated carbocycles. The molecule has 1 rings (SSSR count). The van der Waals surface area contributed by atoms with Crippen molar-refractivity contribution in [1.29, 1.82) is 0 Å². The molecule has 2 unspecified atom stereocenters. The summed E-state index contributed by atoms with van der Waals surface area (Å²) in [7, 11) is 1.66. The van der Waals surface area contributed by atoms with E-state index in [4.69, 9.17) is 15.2 Å². The van der Waals surface area contributed by atoms with E-state index in [9.17, 15) is 4.79 Å². The maximum atomic E-state index is 11.7. The average Bonchev–Trinajstić information content (AvgIpc) is 2.44. The smallest absolute Gasteiger partial charge is 0.220 e. The van der Waals surface area contributed by atoms with E-state index in [0.29, 0.717) is 44.7 Å². The number of carbonyl (C=O) groups excluding carboxylic acids is 1. The third-order valence-corrected chi connectivity index (χ3v) is 3.82. The molecule has 0 aliphatic heterocycles. The number of nitrogens with two attached hydrogens (primary N) is 1. The van der Waals surface area contributed by atoms with Crippen LogP contribution in [0.2, 0.25) is 0 Å². The fraction of sp³-hybridized carbons (Fsp3) is 0.933. The lowest BCUT2D eigenvalue weighted by Crippen LogP contribution is -2.29. The minimum Gasteiger partial charge on any atom is -0.382 e. The van der Waals surface area contributed by atoms with Gasteiger partial charge in [-0.3, -0.25) is 4.79 Å². The molecule has 0 radical (unpaired) electrons. The molecule has 1 aliphatic carbocycles. The standard InChI is InChI=1S/C15H30N2O3/c1-19-10-11-20-9-3-8-17-15(18)7-6-13-4-2-5-14(16)12-13/h13-14H,2-12,16H2,1H3,(H,17,18). The van der Waals surface area contributed by atoms with Crippen molar-refractivity contribution in [2.75, 3.05) is 33.5 Å². The second kappa shape index (κ2) is 11.1. The first-order chi connectivity index (χ1) is 9.72. The lowest BCUT2D eigenvalue weighted by molar-refractivity contribution is -0.121. The van der Waals surface area contributed by atoms with Gasteiger partial charge in [-0.1, -0.05) is 12.8 Å². The van der Waals surface area contributed by atoms with E-state index in [2.05, 4.69) is 5.32 Å². The Balaban J connectivity index is 1.92. The summed E-state index contributed by atoms with van der Waals surface area (Å²) in [4.78, 5) is 11.7. The monoisotopic (exact) mass is 286 g/mol. The molecule has 5 nitrogen and oxygen atoms in total. The van der Waals surface area contributed by atoms with Crippen molar-refractivity contribution in [3.05, 3.63) is 0 Å². The van der Waals surface area contributed by atoms with E-state index >= 15 is 0 Å². The summed E-state index contributed by atoms with van der Waals surface area (Å²) in [6, 6.07) is 0.348. The maximum absolute atomic E-state index is 11.7. The Morgan fingerprint density at radius 1 is 1.30 bits per heavy atom. The predicted molar refractivity (Wildman–Crippen MR) is 79.5 cm³/mol. The number of hydrogen-bond acceptors (Lipinski definition) is 4. The molecule has 0 heterocycles. The van der Waals surface area contributed by atoms with Gasteiger partial charge in [0.15, 0.2) is 0 Å². The van der Waals surface area contributed by atoms with Gasteiger partial charge in [-0.25, -0.2) is 0 Å². The van der Waals surface area contributed by atoms with Crippen molar-refractivity contribution in [2.45, 2.75) is 51.0 Å². The molecular formula is C15H30N2O3. The van der Waals surface area contributed by atoms with Crippen molar-refractivity contribution in [1.82, 2.24) is 5.32 Å². The molecule has 1 amide bonds. The zero-order chi connectivity index (χ0) is 14.6. The lowest BCUT2D eigenvalue weighted by atomic mass is 9.83. The van der Waals surface area contributed by atoms with Gasteiger partial charge in [0, 0.05) is 32.7 Å². The molecule has 5 heteroatoms. The maximum Gasteiger partial charge on any atom is 0.220 e. The molecule has 1 fully saturated rings. The molecule has 0 saturated heterocycles. The SMILES string of the molecule is COCCOCCCNC(=O)CCC1CCCC(N)C1. The first-order valence-corrected chi connectivity index (χ1v) is 7.81. The Kier molecular flexibility index (Phi) is 9.62. The summed E-state index contributed by atoms with van der Waals surface area (Å²) in [5.74, 6) is 0.794. The second-order valence-corrected chi connectivity index (χ2v) is 5.64. The normalized spacial score (nSPS) is 22.7. The van der Waals surface area contributed by atoms with Crippen LogP contribution in [0.4, 0.5) is 0 Å². The van der Waals surface area contributed by atoms with E-state index < -0.39 is 0 Å². The number of rotatable bonds is 10. The van der Waals surface area contributed by atoms with Gasteiger partial charge >= 0.3 is 0 Å². The lowest BCUT2D eigenvalue weighted by Gasteiger charge is -2.26. The van der Waals surface area contributed by atoms with Crippen molar-refractivity contribution in [3.8, 4) is 0 Å². The minimum atomic E-state index is 0.154. The molecule has 0 aromatic carbocycles. The molecule has 0 bridgehead atoms. The number of amides is 1. The summed E-state index contributed by atoms with van der Waals surface area (Å²) < 4.78 is 10.2. The molecule has 0 spiro atoms. The van der Waals surface area contributed by atoms with Gasteiger partial charge in [-0.05, 0) is 31.6 Å². The Morgan fingerprint density at radius 2 is 2.15 bits per heavy atom. The van der Waals surface area contributed by atoms with E-state index in [0.717, 1.165) is 25.7 Å². The quantitative estimate of drug-likeness (QED) is 0.596. The fourth-order valence-electron chi connectivity index (χ4n) is 2.66. The van der Waals surface area contributed by atoms with Crippen LogP contribution in [0.25, 0.3) is 0 Å². The molecule has 0 aromatic rings. The van der Waals surface area contributed by atoms with Crippen LogP contribution < -0.4 is 11.1 Å². The topological polar surface area (TPSA) is 73.6 Å². The van der Waals surface area contributed by atoms with Crippen molar-refractivity contribution < 1.29 is 14.3 Å². The summed E-state index contributed by atoms with van der Waals surface area (Å²) in [5.41, 5.74) is 5.96. The van der Waals surface area contributed by atoms with Crippen LogP contribution in [0, 0.1) is 5.92 Å². The van der Waals surface area contributed by atoms with E-state index in [1.807, 2.05) is 0 Å². The Hall–Kier alpha value is -0.650. The fourth-order valence-corrected chi connectivity index (χ4v) is 2.66. The molecular weight excluding hydrogens is 256 g/mol. The van der Waals surface area contributed by atoms with Crippen molar-refractivity contribution >= 4 is 5.91 Å². The summed E-state index contributed by atoms with van der Waals surface area (Å²) in [5, 5.41) is 2.94. The number of nitrogens with one attached hydrogen (secondary N) is 1. The molecule has 118 valence electrons. The van der Waals surface area contributed by atoms with Crippen molar-refractivity contribution in [3.63, 3.8) is 0 Å². The minimum absolute atomic E-state index is 0.154. The molecule has 0 aromatic heterocycles. The first kappa shape index (κ1) is 17.4. The van der Waals surface area contributed by atoms with Gasteiger partial charge in [0.25, 0.3) is 0 Å². The zero-order valence-electron chi connectivity index (χ0n) is 12.7. The van der Waals surface area contributed by atoms with Crippen LogP contribution in [0.15, 0.2) is 0 Å². The van der Waals surface area contributed by atoms with E-state index in [-0.39, 0.29) is 5.91 Å². The van der Waals surface area contributed by atoms with Gasteiger partial charge in [0.2, 0.25) is 5.91 Å². The molecule has 20 heavy (non-hydrogen) atoms. The highest BCUT2D eigenvalue weighted by molar-refractivity contribution is 5.75. The van der Waals surface area contributed by atoms with E-state index in [1.165, 1.54) is 12.8 Å². The van der Waals surface area contributed by atoms with Crippen molar-refractivity contribution in [2.24, 2.45) is 11.7 Å². The van der Waals surface area contributed by atoms with Crippen LogP contribution >= 0.6 is 0 Å². The van der Waals surface area contributed by atoms with Crippen LogP contribution in [0.5, 0.6) is 0 Å². The van der Waals surface area contributed by atoms with Gasteiger partial charge < -0.3 is 20.5 Å². The van der Waals surface area contributed by atoms with Gasteiger partial charge in [-0.2, -0.15) is 0 Å². The second-order valence-electron chi connectivity index (χ2n) is 5.64. The summed E-state index contributed by atoms with van der Waals surface area (Å²) in [6.45, 7) is 2.60. The highest BCUT2D eigenvalue weighted by Gasteiger charge is 2.19. The molecule has 3 N–H and O–H groups in total. The average molecular weight is 286 g/mol. The Labute approximate surface area is 122 Å². The Morgan fingerprint density at radius 3 is 2.90 bits per heavy atom. The highest BCUT2D eigenvalue weighted by atomic mass is 16.5. The highest BCUT2D eigenvalue weighted by Crippen LogP contribution is 2.26. The zero-order valence-corrected chi connectivity index (χ0v) is 12.7. The predicted octanol–water partition coefficient (Wildman–Crippen LogP) is 1.45. The molecule has 2 atom stereocenters. The van der Waals surface area contributed by atoms with Gasteiger partial charge in [-0.15, -0.1) is 0 Å². The third-order valence-electron chi connectivity index (χ3n) is 3.82. The number of carbonyl (C=O) groups is 1. The van der Waals surface area contributed by atoms with E-state index in [1.54, 1.807) is 7.11 Å². The van der Waals surface area contributed by atoms with Crippen LogP contribution in [0.3, 0.4) is 0 Å². The number of methoxy groups -OCH3 is 1. The number of hydrogen-bond donors (Lipinski definition) is 2. The Bertz CT molecular complexity index is 262.